The van der Waals surface area contributed by atoms with Gasteiger partial charge in [-0.3, -0.25) is 14.1 Å². The minimum absolute atomic E-state index is 0.101. The molecule has 10 heteroatoms. The van der Waals surface area contributed by atoms with Gasteiger partial charge in [0.1, 0.15) is 12.1 Å². The second-order valence-corrected chi connectivity index (χ2v) is 9.29. The molecule has 1 N–H and O–H groups in total. The number of ketones is 1. The predicted molar refractivity (Wildman–Crippen MR) is 112 cm³/mol. The largest absolute Gasteiger partial charge is 0.495 e. The highest BCUT2D eigenvalue weighted by Crippen LogP contribution is 2.30. The number of anilines is 1. The van der Waals surface area contributed by atoms with Crippen LogP contribution in [0.4, 0.5) is 5.69 Å². The average Bonchev–Trinajstić information content (AvgIpc) is 3.14. The Bertz CT molecular complexity index is 1110. The van der Waals surface area contributed by atoms with Crippen LogP contribution in [-0.4, -0.2) is 47.6 Å². The fraction of sp³-hybridized carbons (Fsp3) is 0.211. The van der Waals surface area contributed by atoms with Crippen molar-refractivity contribution in [2.24, 2.45) is 0 Å². The Hall–Kier alpha value is -2.85. The smallest absolute Gasteiger partial charge is 0.229 e. The van der Waals surface area contributed by atoms with Crippen molar-refractivity contribution in [2.45, 2.75) is 17.3 Å². The van der Waals surface area contributed by atoms with Gasteiger partial charge in [-0.05, 0) is 43.3 Å². The van der Waals surface area contributed by atoms with Crippen molar-refractivity contribution in [2.75, 3.05) is 18.1 Å². The third-order valence-electron chi connectivity index (χ3n) is 3.99. The van der Waals surface area contributed by atoms with Gasteiger partial charge in [0.2, 0.25) is 10.0 Å². The lowest BCUT2D eigenvalue weighted by Gasteiger charge is -2.13. The molecule has 2 aromatic carbocycles. The molecule has 3 aromatic rings. The summed E-state index contributed by atoms with van der Waals surface area (Å²) in [5, 5.41) is 8.23. The summed E-state index contributed by atoms with van der Waals surface area (Å²) in [7, 11) is -1.78. The van der Waals surface area contributed by atoms with Crippen LogP contribution in [0, 0.1) is 0 Å². The van der Waals surface area contributed by atoms with Gasteiger partial charge in [-0.15, -0.1) is 10.2 Å². The maximum atomic E-state index is 12.8. The van der Waals surface area contributed by atoms with E-state index in [1.807, 2.05) is 24.3 Å². The SMILES string of the molecule is COc1ccccc1-n1cnnc1SC(C)C(=O)c1ccc(NS(C)(=O)=O)cc1. The summed E-state index contributed by atoms with van der Waals surface area (Å²) < 4.78 is 32.1. The number of carbonyl (C=O) groups excluding carboxylic acids is 1. The molecule has 0 aliphatic rings. The summed E-state index contributed by atoms with van der Waals surface area (Å²) in [6.07, 6.45) is 2.64. The number of Topliss-reactive ketones (excluding diaryl/α,β-unsaturated/α-hetero) is 1. The van der Waals surface area contributed by atoms with Crippen LogP contribution in [0.5, 0.6) is 5.75 Å². The molecule has 8 nitrogen and oxygen atoms in total. The van der Waals surface area contributed by atoms with Crippen molar-refractivity contribution < 1.29 is 17.9 Å². The van der Waals surface area contributed by atoms with Crippen molar-refractivity contribution in [3.8, 4) is 11.4 Å². The number of hydrogen-bond acceptors (Lipinski definition) is 7. The van der Waals surface area contributed by atoms with Gasteiger partial charge < -0.3 is 4.74 Å². The van der Waals surface area contributed by atoms with Gasteiger partial charge in [0, 0.05) is 11.3 Å². The highest BCUT2D eigenvalue weighted by molar-refractivity contribution is 8.00. The van der Waals surface area contributed by atoms with Crippen molar-refractivity contribution in [1.82, 2.24) is 14.8 Å². The van der Waals surface area contributed by atoms with Crippen LogP contribution in [0.2, 0.25) is 0 Å². The second-order valence-electron chi connectivity index (χ2n) is 6.23. The number of methoxy groups -OCH3 is 1. The molecular weight excluding hydrogens is 412 g/mol. The number of nitrogens with one attached hydrogen (secondary N) is 1. The number of rotatable bonds is 8. The lowest BCUT2D eigenvalue weighted by Crippen LogP contribution is -2.15. The Morgan fingerprint density at radius 2 is 1.86 bits per heavy atom. The zero-order valence-electron chi connectivity index (χ0n) is 16.1. The molecule has 3 rings (SSSR count). The zero-order chi connectivity index (χ0) is 21.0. The van der Waals surface area contributed by atoms with Crippen LogP contribution in [-0.2, 0) is 10.0 Å². The molecule has 0 radical (unpaired) electrons. The average molecular weight is 433 g/mol. The van der Waals surface area contributed by atoms with Gasteiger partial charge in [-0.1, -0.05) is 23.9 Å². The molecule has 152 valence electrons. The molecule has 0 saturated carbocycles. The maximum absolute atomic E-state index is 12.8. The first-order valence-corrected chi connectivity index (χ1v) is 11.4. The van der Waals surface area contributed by atoms with E-state index >= 15 is 0 Å². The second kappa shape index (κ2) is 8.66. The highest BCUT2D eigenvalue weighted by atomic mass is 32.2. The number of hydrogen-bond donors (Lipinski definition) is 1. The fourth-order valence-corrected chi connectivity index (χ4v) is 4.14. The predicted octanol–water partition coefficient (Wildman–Crippen LogP) is 3.01. The molecule has 1 aromatic heterocycles. The van der Waals surface area contributed by atoms with Crippen LogP contribution in [0.15, 0.2) is 60.0 Å². The van der Waals surface area contributed by atoms with Crippen LogP contribution in [0.1, 0.15) is 17.3 Å². The molecule has 1 heterocycles. The number of carbonyl (C=O) groups is 1. The third kappa shape index (κ3) is 5.15. The van der Waals surface area contributed by atoms with Gasteiger partial charge in [-0.2, -0.15) is 0 Å². The van der Waals surface area contributed by atoms with Gasteiger partial charge in [0.05, 0.1) is 24.3 Å². The van der Waals surface area contributed by atoms with Crippen LogP contribution < -0.4 is 9.46 Å². The molecule has 0 aliphatic heterocycles. The lowest BCUT2D eigenvalue weighted by atomic mass is 10.1. The maximum Gasteiger partial charge on any atom is 0.229 e. The Labute approximate surface area is 173 Å². The molecule has 1 unspecified atom stereocenters. The van der Waals surface area contributed by atoms with E-state index in [0.29, 0.717) is 22.2 Å². The summed E-state index contributed by atoms with van der Waals surface area (Å²) in [6, 6.07) is 13.8. The summed E-state index contributed by atoms with van der Waals surface area (Å²) in [4.78, 5) is 12.8. The van der Waals surface area contributed by atoms with Crippen molar-refractivity contribution in [3.63, 3.8) is 0 Å². The number of thioether (sulfide) groups is 1. The highest BCUT2D eigenvalue weighted by Gasteiger charge is 2.21. The first kappa shape index (κ1) is 20.9. The Kier molecular flexibility index (Phi) is 6.23. The number of aromatic nitrogens is 3. The van der Waals surface area contributed by atoms with E-state index in [9.17, 15) is 13.2 Å². The fourth-order valence-electron chi connectivity index (χ4n) is 2.66. The molecule has 1 atom stereocenters. The molecule has 0 spiro atoms. The molecule has 29 heavy (non-hydrogen) atoms. The van der Waals surface area contributed by atoms with Gasteiger partial charge in [0.15, 0.2) is 10.9 Å². The van der Waals surface area contributed by atoms with E-state index in [0.717, 1.165) is 11.9 Å². The summed E-state index contributed by atoms with van der Waals surface area (Å²) in [6.45, 7) is 1.79. The van der Waals surface area contributed by atoms with Crippen LogP contribution in [0.3, 0.4) is 0 Å². The van der Waals surface area contributed by atoms with E-state index in [4.69, 9.17) is 4.74 Å². The van der Waals surface area contributed by atoms with Crippen LogP contribution in [0.25, 0.3) is 5.69 Å². The van der Waals surface area contributed by atoms with Gasteiger partial charge in [-0.25, -0.2) is 8.42 Å². The van der Waals surface area contributed by atoms with E-state index in [1.54, 1.807) is 49.2 Å². The summed E-state index contributed by atoms with van der Waals surface area (Å²) in [5.41, 5.74) is 1.66. The number of sulfonamides is 1. The van der Waals surface area contributed by atoms with Crippen molar-refractivity contribution in [1.29, 1.82) is 0 Å². The lowest BCUT2D eigenvalue weighted by molar-refractivity contribution is 0.0994. The Morgan fingerprint density at radius 1 is 1.17 bits per heavy atom. The number of ether oxygens (including phenoxy) is 1. The summed E-state index contributed by atoms with van der Waals surface area (Å²) >= 11 is 1.28. The number of benzene rings is 2. The Balaban J connectivity index is 1.77. The minimum atomic E-state index is -3.37. The van der Waals surface area contributed by atoms with E-state index < -0.39 is 15.3 Å². The third-order valence-corrected chi connectivity index (χ3v) is 5.65. The van der Waals surface area contributed by atoms with Gasteiger partial charge in [0.25, 0.3) is 0 Å². The molecule has 0 bridgehead atoms. The van der Waals surface area contributed by atoms with Crippen LogP contribution >= 0.6 is 11.8 Å². The first-order chi connectivity index (χ1) is 13.8. The molecule has 0 saturated heterocycles. The van der Waals surface area contributed by atoms with Crippen molar-refractivity contribution >= 4 is 33.3 Å². The van der Waals surface area contributed by atoms with Crippen molar-refractivity contribution in [3.05, 3.63) is 60.4 Å². The normalized spacial score (nSPS) is 12.4. The molecule has 0 fully saturated rings. The van der Waals surface area contributed by atoms with E-state index in [2.05, 4.69) is 14.9 Å². The quantitative estimate of drug-likeness (QED) is 0.431. The molecule has 0 aliphatic carbocycles. The number of nitrogens with zero attached hydrogens (tertiary/aromatic N) is 3. The summed E-state index contributed by atoms with van der Waals surface area (Å²) in [5.74, 6) is 0.567. The standard InChI is InChI=1S/C19H20N4O4S2/c1-13(18(24)14-8-10-15(11-9-14)22-29(3,25)26)28-19-21-20-12-23(19)16-6-4-5-7-17(16)27-2/h4-13,22H,1-3H3. The first-order valence-electron chi connectivity index (χ1n) is 8.60. The monoisotopic (exact) mass is 432 g/mol. The topological polar surface area (TPSA) is 103 Å². The molecule has 0 amide bonds. The minimum Gasteiger partial charge on any atom is -0.495 e. The van der Waals surface area contributed by atoms with E-state index in [1.165, 1.54) is 11.8 Å². The number of para-hydroxylation sites is 2. The molecular formula is C19H20N4O4S2. The zero-order valence-corrected chi connectivity index (χ0v) is 17.7. The van der Waals surface area contributed by atoms with Gasteiger partial charge >= 0.3 is 0 Å². The van der Waals surface area contributed by atoms with E-state index in [-0.39, 0.29) is 5.78 Å². The Morgan fingerprint density at radius 3 is 2.52 bits per heavy atom.